The van der Waals surface area contributed by atoms with Gasteiger partial charge in [0.15, 0.2) is 0 Å². The van der Waals surface area contributed by atoms with Gasteiger partial charge in [-0.1, -0.05) is 20.8 Å². The fourth-order valence-corrected chi connectivity index (χ4v) is 2.51. The Morgan fingerprint density at radius 3 is 2.67 bits per heavy atom. The molecule has 0 spiro atoms. The van der Waals surface area contributed by atoms with Crippen molar-refractivity contribution in [2.45, 2.75) is 52.6 Å². The van der Waals surface area contributed by atoms with Gasteiger partial charge in [0.1, 0.15) is 0 Å². The minimum atomic E-state index is -0.290. The average molecular weight is 247 g/mol. The van der Waals surface area contributed by atoms with E-state index in [0.717, 1.165) is 19.6 Å². The summed E-state index contributed by atoms with van der Waals surface area (Å²) in [6.07, 6.45) is 2.56. The summed E-state index contributed by atoms with van der Waals surface area (Å²) in [5, 5.41) is 4.65. The molecule has 4 heteroatoms. The minimum absolute atomic E-state index is 0.239. The van der Waals surface area contributed by atoms with Crippen LogP contribution in [0.2, 0.25) is 0 Å². The van der Waals surface area contributed by atoms with E-state index < -0.39 is 0 Å². The minimum Gasteiger partial charge on any atom is -0.334 e. The van der Waals surface area contributed by atoms with Gasteiger partial charge in [-0.15, -0.1) is 0 Å². The van der Waals surface area contributed by atoms with Crippen LogP contribution in [0, 0.1) is 5.41 Å². The maximum atomic E-state index is 12.3. The van der Waals surface area contributed by atoms with Crippen molar-refractivity contribution in [2.24, 2.45) is 5.41 Å². The first-order chi connectivity index (χ1) is 8.45. The molecular weight excluding hydrogens is 226 g/mol. The first-order valence-corrected chi connectivity index (χ1v) is 6.81. The van der Waals surface area contributed by atoms with Crippen LogP contribution in [0.4, 0.5) is 0 Å². The molecule has 2 aliphatic rings. The highest BCUT2D eigenvalue weighted by Crippen LogP contribution is 2.39. The number of carbonyl (C=O) groups is 1. The average Bonchev–Trinajstić information content (AvgIpc) is 3.06. The maximum absolute atomic E-state index is 12.3. The standard InChI is InChI=1S/C14H21N3O/c1-14(2,3)13(18)16-6-7-17-11(9-16)8-12(15-17)10-4-5-10/h8,10H,4-7,9H2,1-3H3. The summed E-state index contributed by atoms with van der Waals surface area (Å²) in [5.41, 5.74) is 2.14. The molecule has 1 saturated carbocycles. The molecule has 0 bridgehead atoms. The van der Waals surface area contributed by atoms with Gasteiger partial charge in [-0.3, -0.25) is 9.48 Å². The summed E-state index contributed by atoms with van der Waals surface area (Å²) in [4.78, 5) is 14.2. The van der Waals surface area contributed by atoms with Gasteiger partial charge in [0.2, 0.25) is 5.91 Å². The lowest BCUT2D eigenvalue weighted by atomic mass is 9.94. The summed E-state index contributed by atoms with van der Waals surface area (Å²) in [6.45, 7) is 8.29. The van der Waals surface area contributed by atoms with Crippen LogP contribution in [0.15, 0.2) is 6.07 Å². The van der Waals surface area contributed by atoms with Gasteiger partial charge >= 0.3 is 0 Å². The van der Waals surface area contributed by atoms with E-state index >= 15 is 0 Å². The van der Waals surface area contributed by atoms with E-state index in [1.165, 1.54) is 24.2 Å². The summed E-state index contributed by atoms with van der Waals surface area (Å²) >= 11 is 0. The van der Waals surface area contributed by atoms with Gasteiger partial charge in [0.25, 0.3) is 0 Å². The van der Waals surface area contributed by atoms with Crippen LogP contribution in [0.5, 0.6) is 0 Å². The third-order valence-electron chi connectivity index (χ3n) is 3.74. The molecule has 0 atom stereocenters. The molecule has 1 aliphatic heterocycles. The number of hydrogen-bond donors (Lipinski definition) is 0. The van der Waals surface area contributed by atoms with E-state index in [2.05, 4.69) is 15.8 Å². The molecule has 2 heterocycles. The summed E-state index contributed by atoms with van der Waals surface area (Å²) in [7, 11) is 0. The van der Waals surface area contributed by atoms with Crippen LogP contribution in [0.3, 0.4) is 0 Å². The van der Waals surface area contributed by atoms with E-state index in [1.54, 1.807) is 0 Å². The summed E-state index contributed by atoms with van der Waals surface area (Å²) in [6, 6.07) is 2.19. The quantitative estimate of drug-likeness (QED) is 0.762. The van der Waals surface area contributed by atoms with Gasteiger partial charge in [0, 0.05) is 17.9 Å². The number of nitrogens with zero attached hydrogens (tertiary/aromatic N) is 3. The third-order valence-corrected chi connectivity index (χ3v) is 3.74. The molecule has 4 nitrogen and oxygen atoms in total. The topological polar surface area (TPSA) is 38.1 Å². The number of aromatic nitrogens is 2. The van der Waals surface area contributed by atoms with E-state index in [1.807, 2.05) is 25.7 Å². The molecule has 3 rings (SSSR count). The Labute approximate surface area is 108 Å². The lowest BCUT2D eigenvalue weighted by Crippen LogP contribution is -2.43. The summed E-state index contributed by atoms with van der Waals surface area (Å²) in [5.74, 6) is 0.929. The van der Waals surface area contributed by atoms with Crippen LogP contribution >= 0.6 is 0 Å². The highest BCUT2D eigenvalue weighted by atomic mass is 16.2. The first kappa shape index (κ1) is 11.8. The Balaban J connectivity index is 1.78. The Bertz CT molecular complexity index is 480. The van der Waals surface area contributed by atoms with Crippen molar-refractivity contribution in [3.63, 3.8) is 0 Å². The second-order valence-electron chi connectivity index (χ2n) is 6.53. The Morgan fingerprint density at radius 2 is 2.06 bits per heavy atom. The zero-order chi connectivity index (χ0) is 12.9. The molecule has 98 valence electrons. The van der Waals surface area contributed by atoms with Crippen LogP contribution in [-0.2, 0) is 17.9 Å². The van der Waals surface area contributed by atoms with Crippen molar-refractivity contribution in [3.8, 4) is 0 Å². The van der Waals surface area contributed by atoms with Gasteiger partial charge in [-0.25, -0.2) is 0 Å². The van der Waals surface area contributed by atoms with Crippen molar-refractivity contribution in [1.29, 1.82) is 0 Å². The number of rotatable bonds is 1. The normalized spacial score (nSPS) is 19.8. The van der Waals surface area contributed by atoms with Gasteiger partial charge in [-0.2, -0.15) is 5.10 Å². The molecule has 0 aromatic carbocycles. The van der Waals surface area contributed by atoms with E-state index in [0.29, 0.717) is 5.92 Å². The molecule has 0 radical (unpaired) electrons. The molecule has 1 aromatic heterocycles. The molecule has 1 amide bonds. The SMILES string of the molecule is CC(C)(C)C(=O)N1CCn2nc(C3CC3)cc2C1. The third kappa shape index (κ3) is 2.04. The van der Waals surface area contributed by atoms with Crippen LogP contribution < -0.4 is 0 Å². The van der Waals surface area contributed by atoms with Crippen LogP contribution in [0.25, 0.3) is 0 Å². The number of carbonyl (C=O) groups excluding carboxylic acids is 1. The molecule has 18 heavy (non-hydrogen) atoms. The lowest BCUT2D eigenvalue weighted by molar-refractivity contribution is -0.141. The highest BCUT2D eigenvalue weighted by Gasteiger charge is 2.32. The van der Waals surface area contributed by atoms with Crippen molar-refractivity contribution in [2.75, 3.05) is 6.54 Å². The monoisotopic (exact) mass is 247 g/mol. The Hall–Kier alpha value is -1.32. The predicted octanol–water partition coefficient (Wildman–Crippen LogP) is 2.15. The second kappa shape index (κ2) is 3.84. The summed E-state index contributed by atoms with van der Waals surface area (Å²) < 4.78 is 2.08. The molecule has 1 aromatic rings. The Kier molecular flexibility index (Phi) is 2.50. The molecule has 1 aliphatic carbocycles. The number of fused-ring (bicyclic) bond motifs is 1. The van der Waals surface area contributed by atoms with Crippen LogP contribution in [0.1, 0.15) is 50.9 Å². The predicted molar refractivity (Wildman–Crippen MR) is 69.1 cm³/mol. The fraction of sp³-hybridized carbons (Fsp3) is 0.714. The van der Waals surface area contributed by atoms with E-state index in [-0.39, 0.29) is 11.3 Å². The van der Waals surface area contributed by atoms with E-state index in [4.69, 9.17) is 0 Å². The zero-order valence-corrected chi connectivity index (χ0v) is 11.4. The molecule has 0 saturated heterocycles. The van der Waals surface area contributed by atoms with Crippen molar-refractivity contribution >= 4 is 5.91 Å². The highest BCUT2D eigenvalue weighted by molar-refractivity contribution is 5.81. The van der Waals surface area contributed by atoms with Gasteiger partial charge < -0.3 is 4.90 Å². The van der Waals surface area contributed by atoms with Crippen molar-refractivity contribution < 1.29 is 4.79 Å². The maximum Gasteiger partial charge on any atom is 0.228 e. The van der Waals surface area contributed by atoms with E-state index in [9.17, 15) is 4.79 Å². The fourth-order valence-electron chi connectivity index (χ4n) is 2.51. The Morgan fingerprint density at radius 1 is 1.33 bits per heavy atom. The smallest absolute Gasteiger partial charge is 0.228 e. The molecule has 0 N–H and O–H groups in total. The lowest BCUT2D eigenvalue weighted by Gasteiger charge is -2.32. The van der Waals surface area contributed by atoms with Gasteiger partial charge in [0.05, 0.1) is 24.5 Å². The first-order valence-electron chi connectivity index (χ1n) is 6.81. The molecular formula is C14H21N3O. The van der Waals surface area contributed by atoms with Crippen molar-refractivity contribution in [1.82, 2.24) is 14.7 Å². The second-order valence-corrected chi connectivity index (χ2v) is 6.53. The molecule has 1 fully saturated rings. The van der Waals surface area contributed by atoms with Gasteiger partial charge in [-0.05, 0) is 18.9 Å². The van der Waals surface area contributed by atoms with Crippen LogP contribution in [-0.4, -0.2) is 27.1 Å². The zero-order valence-electron chi connectivity index (χ0n) is 11.4. The van der Waals surface area contributed by atoms with Crippen molar-refractivity contribution in [3.05, 3.63) is 17.5 Å². The number of hydrogen-bond acceptors (Lipinski definition) is 2. The number of amides is 1. The molecule has 0 unspecified atom stereocenters. The largest absolute Gasteiger partial charge is 0.334 e.